The van der Waals surface area contributed by atoms with Gasteiger partial charge in [-0.25, -0.2) is 13.6 Å². The summed E-state index contributed by atoms with van der Waals surface area (Å²) >= 11 is 0. The van der Waals surface area contributed by atoms with Crippen LogP contribution in [0, 0.1) is 11.6 Å². The predicted octanol–water partition coefficient (Wildman–Crippen LogP) is 3.69. The summed E-state index contributed by atoms with van der Waals surface area (Å²) in [6.07, 6.45) is 0. The maximum Gasteiger partial charge on any atom is 0.338 e. The third kappa shape index (κ3) is 3.56. The Morgan fingerprint density at radius 2 is 1.81 bits per heavy atom. The van der Waals surface area contributed by atoms with Gasteiger partial charge in [0.2, 0.25) is 0 Å². The number of anilines is 1. The van der Waals surface area contributed by atoms with Gasteiger partial charge >= 0.3 is 5.97 Å². The second-order valence-electron chi connectivity index (χ2n) is 4.61. The average Bonchev–Trinajstić information content (AvgIpc) is 2.47. The van der Waals surface area contributed by atoms with Crippen LogP contribution in [-0.4, -0.2) is 17.6 Å². The zero-order valence-electron chi connectivity index (χ0n) is 11.5. The van der Waals surface area contributed by atoms with Crippen molar-refractivity contribution in [3.63, 3.8) is 0 Å². The lowest BCUT2D eigenvalue weighted by Gasteiger charge is -2.23. The normalized spacial score (nSPS) is 10.4. The monoisotopic (exact) mass is 291 g/mol. The summed E-state index contributed by atoms with van der Waals surface area (Å²) in [7, 11) is 0. The Morgan fingerprint density at radius 3 is 2.38 bits per heavy atom. The maximum absolute atomic E-state index is 13.4. The van der Waals surface area contributed by atoms with Gasteiger partial charge in [-0.3, -0.25) is 0 Å². The van der Waals surface area contributed by atoms with Crippen molar-refractivity contribution < 1.29 is 18.7 Å². The molecule has 0 fully saturated rings. The summed E-state index contributed by atoms with van der Waals surface area (Å²) in [6.45, 7) is 3.01. The van der Waals surface area contributed by atoms with Crippen LogP contribution in [0.1, 0.15) is 22.8 Å². The molecule has 2 rings (SSSR count). The number of benzene rings is 2. The van der Waals surface area contributed by atoms with Gasteiger partial charge in [-0.1, -0.05) is 6.07 Å². The van der Waals surface area contributed by atoms with Crippen LogP contribution in [0.25, 0.3) is 0 Å². The molecule has 110 valence electrons. The van der Waals surface area contributed by atoms with E-state index in [1.807, 2.05) is 11.8 Å². The van der Waals surface area contributed by atoms with E-state index in [0.717, 1.165) is 11.8 Å². The molecule has 21 heavy (non-hydrogen) atoms. The summed E-state index contributed by atoms with van der Waals surface area (Å²) in [6, 6.07) is 10.1. The van der Waals surface area contributed by atoms with Crippen LogP contribution < -0.4 is 4.90 Å². The molecule has 0 bridgehead atoms. The number of nitrogens with zero attached hydrogens (tertiary/aromatic N) is 1. The van der Waals surface area contributed by atoms with Crippen LogP contribution in [0.3, 0.4) is 0 Å². The fraction of sp³-hybridized carbons (Fsp3) is 0.188. The van der Waals surface area contributed by atoms with E-state index in [9.17, 15) is 13.6 Å². The van der Waals surface area contributed by atoms with E-state index >= 15 is 0 Å². The van der Waals surface area contributed by atoms with Crippen molar-refractivity contribution in [2.24, 2.45) is 0 Å². The molecule has 0 spiro atoms. The fourth-order valence-electron chi connectivity index (χ4n) is 2.09. The molecule has 2 aromatic carbocycles. The van der Waals surface area contributed by atoms with E-state index in [1.165, 1.54) is 18.2 Å². The molecular formula is C16H15F2NO2. The SMILES string of the molecule is CCN(Cc1ccc(F)c(C(=O)O)c1)c1ccc(F)cc1. The van der Waals surface area contributed by atoms with Crippen LogP contribution in [-0.2, 0) is 6.54 Å². The molecule has 1 N–H and O–H groups in total. The number of hydrogen-bond donors (Lipinski definition) is 1. The summed E-state index contributed by atoms with van der Waals surface area (Å²) in [5.74, 6) is -2.36. The van der Waals surface area contributed by atoms with Crippen molar-refractivity contribution in [2.45, 2.75) is 13.5 Å². The first-order chi connectivity index (χ1) is 10.0. The lowest BCUT2D eigenvalue weighted by Crippen LogP contribution is -2.22. The first kappa shape index (κ1) is 15.0. The predicted molar refractivity (Wildman–Crippen MR) is 76.5 cm³/mol. The molecule has 0 saturated heterocycles. The first-order valence-corrected chi connectivity index (χ1v) is 6.53. The average molecular weight is 291 g/mol. The molecule has 0 atom stereocenters. The number of carboxylic acids is 1. The standard InChI is InChI=1S/C16H15F2NO2/c1-2-19(13-6-4-12(17)5-7-13)10-11-3-8-15(18)14(9-11)16(20)21/h3-9H,2,10H2,1H3,(H,20,21). The number of halogens is 2. The Kier molecular flexibility index (Phi) is 4.52. The van der Waals surface area contributed by atoms with Gasteiger partial charge < -0.3 is 10.0 Å². The topological polar surface area (TPSA) is 40.5 Å². The number of carboxylic acid groups (broad SMARTS) is 1. The molecule has 0 radical (unpaired) electrons. The highest BCUT2D eigenvalue weighted by Gasteiger charge is 2.12. The maximum atomic E-state index is 13.4. The molecule has 0 aromatic heterocycles. The van der Waals surface area contributed by atoms with E-state index in [2.05, 4.69) is 0 Å². The first-order valence-electron chi connectivity index (χ1n) is 6.53. The third-order valence-electron chi connectivity index (χ3n) is 3.21. The molecule has 0 aliphatic carbocycles. The second kappa shape index (κ2) is 6.35. The van der Waals surface area contributed by atoms with Gasteiger partial charge in [0.05, 0.1) is 5.56 Å². The van der Waals surface area contributed by atoms with Crippen molar-refractivity contribution in [3.8, 4) is 0 Å². The number of aromatic carboxylic acids is 1. The molecule has 0 amide bonds. The zero-order valence-corrected chi connectivity index (χ0v) is 11.5. The molecule has 0 aliphatic rings. The Hall–Kier alpha value is -2.43. The third-order valence-corrected chi connectivity index (χ3v) is 3.21. The van der Waals surface area contributed by atoms with E-state index in [0.29, 0.717) is 18.7 Å². The summed E-state index contributed by atoms with van der Waals surface area (Å²) in [5, 5.41) is 8.93. The van der Waals surface area contributed by atoms with Crippen molar-refractivity contribution in [1.82, 2.24) is 0 Å². The van der Waals surface area contributed by atoms with E-state index in [1.54, 1.807) is 18.2 Å². The van der Waals surface area contributed by atoms with Crippen LogP contribution in [0.2, 0.25) is 0 Å². The highest BCUT2D eigenvalue weighted by atomic mass is 19.1. The van der Waals surface area contributed by atoms with Gasteiger partial charge in [0, 0.05) is 18.8 Å². The fourth-order valence-corrected chi connectivity index (χ4v) is 2.09. The molecule has 0 aliphatic heterocycles. The quantitative estimate of drug-likeness (QED) is 0.913. The minimum Gasteiger partial charge on any atom is -0.478 e. The molecule has 0 heterocycles. The highest BCUT2D eigenvalue weighted by molar-refractivity contribution is 5.88. The molecule has 5 heteroatoms. The smallest absolute Gasteiger partial charge is 0.338 e. The van der Waals surface area contributed by atoms with E-state index < -0.39 is 11.8 Å². The van der Waals surface area contributed by atoms with Gasteiger partial charge in [-0.2, -0.15) is 0 Å². The van der Waals surface area contributed by atoms with Crippen molar-refractivity contribution in [2.75, 3.05) is 11.4 Å². The van der Waals surface area contributed by atoms with E-state index in [-0.39, 0.29) is 11.4 Å². The second-order valence-corrected chi connectivity index (χ2v) is 4.61. The minimum atomic E-state index is -1.29. The van der Waals surface area contributed by atoms with E-state index in [4.69, 9.17) is 5.11 Å². The Labute approximate surface area is 121 Å². The molecule has 2 aromatic rings. The van der Waals surface area contributed by atoms with Gasteiger partial charge in [0.25, 0.3) is 0 Å². The van der Waals surface area contributed by atoms with Gasteiger partial charge in [0.15, 0.2) is 0 Å². The van der Waals surface area contributed by atoms with Gasteiger partial charge in [-0.05, 0) is 48.9 Å². The van der Waals surface area contributed by atoms with Crippen LogP contribution in [0.4, 0.5) is 14.5 Å². The number of hydrogen-bond acceptors (Lipinski definition) is 2. The summed E-state index contributed by atoms with van der Waals surface area (Å²) in [4.78, 5) is 12.9. The largest absolute Gasteiger partial charge is 0.478 e. The Balaban J connectivity index is 2.24. The lowest BCUT2D eigenvalue weighted by atomic mass is 10.1. The molecule has 0 unspecified atom stereocenters. The Morgan fingerprint density at radius 1 is 1.14 bits per heavy atom. The van der Waals surface area contributed by atoms with Gasteiger partial charge in [0.1, 0.15) is 11.6 Å². The summed E-state index contributed by atoms with van der Waals surface area (Å²) in [5.41, 5.74) is 1.16. The highest BCUT2D eigenvalue weighted by Crippen LogP contribution is 2.19. The molecule has 3 nitrogen and oxygen atoms in total. The van der Waals surface area contributed by atoms with Crippen molar-refractivity contribution in [3.05, 3.63) is 65.2 Å². The van der Waals surface area contributed by atoms with Gasteiger partial charge in [-0.15, -0.1) is 0 Å². The summed E-state index contributed by atoms with van der Waals surface area (Å²) < 4.78 is 26.3. The van der Waals surface area contributed by atoms with Crippen LogP contribution in [0.15, 0.2) is 42.5 Å². The zero-order chi connectivity index (χ0) is 15.4. The molecular weight excluding hydrogens is 276 g/mol. The van der Waals surface area contributed by atoms with Crippen LogP contribution in [0.5, 0.6) is 0 Å². The lowest BCUT2D eigenvalue weighted by molar-refractivity contribution is 0.0691. The van der Waals surface area contributed by atoms with Crippen molar-refractivity contribution >= 4 is 11.7 Å². The Bertz CT molecular complexity index is 641. The van der Waals surface area contributed by atoms with Crippen molar-refractivity contribution in [1.29, 1.82) is 0 Å². The number of carbonyl (C=O) groups is 1. The molecule has 0 saturated carbocycles. The number of rotatable bonds is 5. The minimum absolute atomic E-state index is 0.315. The van der Waals surface area contributed by atoms with Crippen LogP contribution >= 0.6 is 0 Å².